The highest BCUT2D eigenvalue weighted by molar-refractivity contribution is 7.91. The Morgan fingerprint density at radius 2 is 1.83 bits per heavy atom. The lowest BCUT2D eigenvalue weighted by Gasteiger charge is -2.37. The molecule has 2 aliphatic heterocycles. The van der Waals surface area contributed by atoms with Gasteiger partial charge in [0.2, 0.25) is 5.91 Å². The van der Waals surface area contributed by atoms with Crippen LogP contribution in [0.1, 0.15) is 12.8 Å². The molecule has 0 aromatic heterocycles. The second-order valence-corrected chi connectivity index (χ2v) is 8.83. The van der Waals surface area contributed by atoms with Crippen LogP contribution in [-0.2, 0) is 14.6 Å². The summed E-state index contributed by atoms with van der Waals surface area (Å²) in [5.74, 6) is 0.676. The van der Waals surface area contributed by atoms with Crippen molar-refractivity contribution in [3.8, 4) is 0 Å². The smallest absolute Gasteiger partial charge is 0.225 e. The number of carbonyl (C=O) groups excluding carboxylic acids is 1. The van der Waals surface area contributed by atoms with E-state index in [0.717, 1.165) is 44.8 Å². The number of benzene rings is 1. The summed E-state index contributed by atoms with van der Waals surface area (Å²) in [5.41, 5.74) is 0.828. The number of nitrogens with zero attached hydrogens (tertiary/aromatic N) is 2. The van der Waals surface area contributed by atoms with Gasteiger partial charge in [-0.05, 0) is 18.6 Å². The molecule has 6 nitrogen and oxygen atoms in total. The van der Waals surface area contributed by atoms with E-state index in [4.69, 9.17) is 0 Å². The van der Waals surface area contributed by atoms with Gasteiger partial charge in [-0.1, -0.05) is 18.2 Å². The van der Waals surface area contributed by atoms with Crippen molar-refractivity contribution >= 4 is 21.4 Å². The number of hydrogen-bond donors (Lipinski definition) is 1. The molecule has 0 unspecified atom stereocenters. The van der Waals surface area contributed by atoms with Gasteiger partial charge in [0.25, 0.3) is 0 Å². The molecule has 0 radical (unpaired) electrons. The topological polar surface area (TPSA) is 69.7 Å². The Bertz CT molecular complexity index is 655. The zero-order valence-electron chi connectivity index (χ0n) is 13.9. The maximum Gasteiger partial charge on any atom is 0.225 e. The molecule has 0 saturated carbocycles. The number of para-hydroxylation sites is 1. The van der Waals surface area contributed by atoms with Crippen LogP contribution in [0.5, 0.6) is 0 Å². The molecule has 2 fully saturated rings. The third-order valence-electron chi connectivity index (χ3n) is 4.84. The molecule has 1 atom stereocenters. The molecule has 0 aliphatic carbocycles. The van der Waals surface area contributed by atoms with E-state index in [0.29, 0.717) is 17.9 Å². The first kappa shape index (κ1) is 17.4. The van der Waals surface area contributed by atoms with Gasteiger partial charge in [0.05, 0.1) is 11.5 Å². The Balaban J connectivity index is 1.37. The zero-order chi connectivity index (χ0) is 17.0. The SMILES string of the molecule is O=C(CCN1CCN([C@@H]2CCS(=O)(=O)C2)CC1)Nc1ccccc1. The van der Waals surface area contributed by atoms with Gasteiger partial charge in [-0.15, -0.1) is 0 Å². The predicted octanol–water partition coefficient (Wildman–Crippen LogP) is 0.820. The number of rotatable bonds is 5. The molecule has 2 saturated heterocycles. The first-order chi connectivity index (χ1) is 11.5. The van der Waals surface area contributed by atoms with Gasteiger partial charge < -0.3 is 10.2 Å². The van der Waals surface area contributed by atoms with Gasteiger partial charge in [0.15, 0.2) is 9.84 Å². The van der Waals surface area contributed by atoms with Crippen molar-refractivity contribution in [2.75, 3.05) is 49.5 Å². The normalized spacial score (nSPS) is 24.8. The molecule has 1 aromatic rings. The largest absolute Gasteiger partial charge is 0.326 e. The average Bonchev–Trinajstić information content (AvgIpc) is 2.94. The third kappa shape index (κ3) is 4.78. The van der Waals surface area contributed by atoms with E-state index in [1.807, 2.05) is 30.3 Å². The monoisotopic (exact) mass is 351 g/mol. The quantitative estimate of drug-likeness (QED) is 0.851. The second-order valence-electron chi connectivity index (χ2n) is 6.60. The number of carbonyl (C=O) groups is 1. The molecule has 1 N–H and O–H groups in total. The Hall–Kier alpha value is -1.44. The van der Waals surface area contributed by atoms with Crippen LogP contribution >= 0.6 is 0 Å². The summed E-state index contributed by atoms with van der Waals surface area (Å²) >= 11 is 0. The van der Waals surface area contributed by atoms with Crippen LogP contribution in [0.2, 0.25) is 0 Å². The van der Waals surface area contributed by atoms with Gasteiger partial charge in [-0.25, -0.2) is 8.42 Å². The van der Waals surface area contributed by atoms with Crippen molar-refractivity contribution < 1.29 is 13.2 Å². The van der Waals surface area contributed by atoms with E-state index in [2.05, 4.69) is 15.1 Å². The molecule has 1 aromatic carbocycles. The lowest BCUT2D eigenvalue weighted by Crippen LogP contribution is -2.51. The van der Waals surface area contributed by atoms with E-state index in [9.17, 15) is 13.2 Å². The Labute approximate surface area is 143 Å². The van der Waals surface area contributed by atoms with Crippen LogP contribution in [0, 0.1) is 0 Å². The lowest BCUT2D eigenvalue weighted by atomic mass is 10.2. The van der Waals surface area contributed by atoms with Crippen LogP contribution in [0.3, 0.4) is 0 Å². The molecule has 0 bridgehead atoms. The highest BCUT2D eigenvalue weighted by Crippen LogP contribution is 2.19. The number of anilines is 1. The van der Waals surface area contributed by atoms with Gasteiger partial charge in [0.1, 0.15) is 0 Å². The molecular formula is C17H25N3O3S. The van der Waals surface area contributed by atoms with Crippen molar-refractivity contribution in [3.63, 3.8) is 0 Å². The summed E-state index contributed by atoms with van der Waals surface area (Å²) in [6, 6.07) is 9.68. The van der Waals surface area contributed by atoms with Gasteiger partial charge in [-0.2, -0.15) is 0 Å². The number of nitrogens with one attached hydrogen (secondary N) is 1. The summed E-state index contributed by atoms with van der Waals surface area (Å²) in [6.45, 7) is 4.32. The van der Waals surface area contributed by atoms with Crippen molar-refractivity contribution in [2.45, 2.75) is 18.9 Å². The molecule has 7 heteroatoms. The van der Waals surface area contributed by atoms with E-state index in [-0.39, 0.29) is 11.9 Å². The zero-order valence-corrected chi connectivity index (χ0v) is 14.7. The number of amides is 1. The van der Waals surface area contributed by atoms with Crippen LogP contribution in [-0.4, -0.2) is 74.4 Å². The van der Waals surface area contributed by atoms with E-state index >= 15 is 0 Å². The summed E-state index contributed by atoms with van der Waals surface area (Å²) in [7, 11) is -2.82. The maximum atomic E-state index is 12.0. The summed E-state index contributed by atoms with van der Waals surface area (Å²) in [6.07, 6.45) is 1.24. The van der Waals surface area contributed by atoms with Crippen molar-refractivity contribution in [3.05, 3.63) is 30.3 Å². The predicted molar refractivity (Wildman–Crippen MR) is 94.8 cm³/mol. The minimum absolute atomic E-state index is 0.0329. The molecule has 132 valence electrons. The number of sulfone groups is 1. The first-order valence-corrected chi connectivity index (χ1v) is 10.4. The highest BCUT2D eigenvalue weighted by Gasteiger charge is 2.33. The molecule has 3 rings (SSSR count). The van der Waals surface area contributed by atoms with Crippen LogP contribution in [0.4, 0.5) is 5.69 Å². The maximum absolute atomic E-state index is 12.0. The van der Waals surface area contributed by atoms with E-state index in [1.54, 1.807) is 0 Å². The fourth-order valence-corrected chi connectivity index (χ4v) is 5.18. The summed E-state index contributed by atoms with van der Waals surface area (Å²) < 4.78 is 23.2. The molecule has 2 aliphatic rings. The first-order valence-electron chi connectivity index (χ1n) is 8.53. The minimum atomic E-state index is -2.82. The minimum Gasteiger partial charge on any atom is -0.326 e. The summed E-state index contributed by atoms with van der Waals surface area (Å²) in [4.78, 5) is 16.6. The Morgan fingerprint density at radius 3 is 2.46 bits per heavy atom. The Kier molecular flexibility index (Phi) is 5.53. The molecule has 1 amide bonds. The van der Waals surface area contributed by atoms with Gasteiger partial charge in [-0.3, -0.25) is 9.69 Å². The van der Waals surface area contributed by atoms with Gasteiger partial charge in [0, 0.05) is 50.9 Å². The third-order valence-corrected chi connectivity index (χ3v) is 6.59. The van der Waals surface area contributed by atoms with Crippen molar-refractivity contribution in [2.24, 2.45) is 0 Å². The highest BCUT2D eigenvalue weighted by atomic mass is 32.2. The molecule has 2 heterocycles. The lowest BCUT2D eigenvalue weighted by molar-refractivity contribution is -0.116. The fourth-order valence-electron chi connectivity index (χ4n) is 3.42. The summed E-state index contributed by atoms with van der Waals surface area (Å²) in [5, 5.41) is 2.90. The number of hydrogen-bond acceptors (Lipinski definition) is 5. The van der Waals surface area contributed by atoms with Gasteiger partial charge >= 0.3 is 0 Å². The van der Waals surface area contributed by atoms with Crippen molar-refractivity contribution in [1.29, 1.82) is 0 Å². The number of piperazine rings is 1. The van der Waals surface area contributed by atoms with Crippen LogP contribution < -0.4 is 5.32 Å². The van der Waals surface area contributed by atoms with Crippen LogP contribution in [0.25, 0.3) is 0 Å². The average molecular weight is 351 g/mol. The van der Waals surface area contributed by atoms with E-state index < -0.39 is 9.84 Å². The fraction of sp³-hybridized carbons (Fsp3) is 0.588. The van der Waals surface area contributed by atoms with Crippen LogP contribution in [0.15, 0.2) is 30.3 Å². The van der Waals surface area contributed by atoms with Crippen molar-refractivity contribution in [1.82, 2.24) is 9.80 Å². The van der Waals surface area contributed by atoms with E-state index in [1.165, 1.54) is 0 Å². The standard InChI is InChI=1S/C17H25N3O3S/c21-17(18-15-4-2-1-3-5-15)6-8-19-9-11-20(12-10-19)16-7-13-24(22,23)14-16/h1-5,16H,6-14H2,(H,18,21)/t16-/m1/s1. The molecule has 24 heavy (non-hydrogen) atoms. The Morgan fingerprint density at radius 1 is 1.12 bits per heavy atom. The molecular weight excluding hydrogens is 326 g/mol. The second kappa shape index (κ2) is 7.63. The molecule has 0 spiro atoms.